The number of hydrogen-bond donors (Lipinski definition) is 0. The van der Waals surface area contributed by atoms with Crippen molar-refractivity contribution in [3.05, 3.63) is 0 Å². The van der Waals surface area contributed by atoms with E-state index in [9.17, 15) is 19.2 Å². The summed E-state index contributed by atoms with van der Waals surface area (Å²) in [5.74, 6) is -0.926. The molecule has 0 aliphatic rings. The predicted octanol–water partition coefficient (Wildman–Crippen LogP) is 3.41. The summed E-state index contributed by atoms with van der Waals surface area (Å²) in [5.41, 5.74) is 0. The van der Waals surface area contributed by atoms with Gasteiger partial charge in [-0.3, -0.25) is 19.2 Å². The number of ketones is 2. The molecule has 35 heavy (non-hydrogen) atoms. The van der Waals surface area contributed by atoms with Crippen LogP contribution in [-0.2, 0) is 42.9 Å². The third-order valence-corrected chi connectivity index (χ3v) is 5.92. The van der Waals surface area contributed by atoms with Crippen molar-refractivity contribution in [1.29, 1.82) is 0 Å². The van der Waals surface area contributed by atoms with Crippen molar-refractivity contribution < 1.29 is 42.9 Å². The Morgan fingerprint density at radius 1 is 0.457 bits per heavy atom. The molecule has 0 heterocycles. The van der Waals surface area contributed by atoms with Gasteiger partial charge in [-0.15, -0.1) is 0 Å². The second-order valence-corrected chi connectivity index (χ2v) is 9.15. The van der Waals surface area contributed by atoms with Gasteiger partial charge in [0.25, 0.3) is 0 Å². The summed E-state index contributed by atoms with van der Waals surface area (Å²) in [6, 6.07) is 0. The summed E-state index contributed by atoms with van der Waals surface area (Å²) in [5, 5.41) is 0. The van der Waals surface area contributed by atoms with Crippen molar-refractivity contribution in [2.24, 2.45) is 23.7 Å². The fourth-order valence-electron chi connectivity index (χ4n) is 2.68. The van der Waals surface area contributed by atoms with E-state index >= 15 is 0 Å². The van der Waals surface area contributed by atoms with Crippen molar-refractivity contribution in [3.8, 4) is 0 Å². The molecule has 204 valence electrons. The minimum atomic E-state index is -0.312. The summed E-state index contributed by atoms with van der Waals surface area (Å²) in [4.78, 5) is 46.3. The smallest absolute Gasteiger partial charge is 0.308 e. The van der Waals surface area contributed by atoms with Gasteiger partial charge in [0.05, 0.1) is 25.0 Å². The Kier molecular flexibility index (Phi) is 19.3. The number of carbonyl (C=O) groups excluding carboxylic acids is 4. The van der Waals surface area contributed by atoms with E-state index in [4.69, 9.17) is 23.7 Å². The molecule has 0 fully saturated rings. The highest BCUT2D eigenvalue weighted by atomic mass is 16.6. The van der Waals surface area contributed by atoms with E-state index in [0.29, 0.717) is 52.1 Å². The molecule has 0 N–H and O–H groups in total. The van der Waals surface area contributed by atoms with E-state index in [0.717, 1.165) is 0 Å². The third-order valence-electron chi connectivity index (χ3n) is 5.92. The van der Waals surface area contributed by atoms with Gasteiger partial charge in [-0.25, -0.2) is 0 Å². The summed E-state index contributed by atoms with van der Waals surface area (Å²) in [6.45, 7) is 13.0. The minimum Gasteiger partial charge on any atom is -0.463 e. The van der Waals surface area contributed by atoms with Crippen molar-refractivity contribution in [2.45, 2.75) is 67.2 Å². The van der Waals surface area contributed by atoms with Gasteiger partial charge in [0.1, 0.15) is 24.8 Å². The molecule has 0 rings (SSSR count). The normalized spacial score (nSPS) is 14.6. The van der Waals surface area contributed by atoms with Crippen molar-refractivity contribution in [1.82, 2.24) is 0 Å². The lowest BCUT2D eigenvalue weighted by Gasteiger charge is -2.13. The molecule has 0 aliphatic heterocycles. The average Bonchev–Trinajstić information content (AvgIpc) is 2.81. The highest BCUT2D eigenvalue weighted by molar-refractivity contribution is 5.78. The van der Waals surface area contributed by atoms with Gasteiger partial charge in [-0.1, -0.05) is 27.7 Å². The Morgan fingerprint density at radius 3 is 1.06 bits per heavy atom. The Hall–Kier alpha value is -1.84. The second-order valence-electron chi connectivity index (χ2n) is 9.15. The molecule has 0 saturated carbocycles. The molecule has 0 amide bonds. The van der Waals surface area contributed by atoms with E-state index in [1.54, 1.807) is 27.7 Å². The zero-order valence-electron chi connectivity index (χ0n) is 22.5. The highest BCUT2D eigenvalue weighted by Crippen LogP contribution is 2.08. The SMILES string of the molecule is CC(=O)C(C)CCOCCC(C)C(=O)OCCOCCOC(=O)C(C)CCOCCC(C)C(C)=O. The zero-order chi connectivity index (χ0) is 26.6. The Labute approximate surface area is 210 Å². The molecule has 0 saturated heterocycles. The van der Waals surface area contributed by atoms with E-state index in [-0.39, 0.29) is 73.6 Å². The summed E-state index contributed by atoms with van der Waals surface area (Å²) in [7, 11) is 0. The average molecular weight is 503 g/mol. The van der Waals surface area contributed by atoms with Crippen molar-refractivity contribution in [3.63, 3.8) is 0 Å². The van der Waals surface area contributed by atoms with Crippen LogP contribution in [0.25, 0.3) is 0 Å². The number of hydrogen-bond acceptors (Lipinski definition) is 9. The molecule has 0 aliphatic carbocycles. The van der Waals surface area contributed by atoms with Crippen LogP contribution in [-0.4, -0.2) is 76.4 Å². The first-order valence-corrected chi connectivity index (χ1v) is 12.6. The highest BCUT2D eigenvalue weighted by Gasteiger charge is 2.16. The standard InChI is InChI=1S/C26H46O9/c1-19(23(5)27)7-11-31-13-9-21(3)25(29)34-17-15-33-16-18-35-26(30)22(4)10-14-32-12-8-20(2)24(6)28/h19-22H,7-18H2,1-6H3. The first-order valence-electron chi connectivity index (χ1n) is 12.6. The number of carbonyl (C=O) groups is 4. The quantitative estimate of drug-likeness (QED) is 0.162. The number of Topliss-reactive ketones (excluding diaryl/α,β-unsaturated/α-hetero) is 2. The molecule has 0 aromatic carbocycles. The van der Waals surface area contributed by atoms with E-state index in [1.165, 1.54) is 0 Å². The van der Waals surface area contributed by atoms with Crippen LogP contribution in [0.4, 0.5) is 0 Å². The van der Waals surface area contributed by atoms with Crippen LogP contribution < -0.4 is 0 Å². The predicted molar refractivity (Wildman–Crippen MR) is 131 cm³/mol. The lowest BCUT2D eigenvalue weighted by Crippen LogP contribution is -2.21. The molecule has 0 bridgehead atoms. The molecule has 0 aromatic heterocycles. The Bertz CT molecular complexity index is 568. The molecule has 4 atom stereocenters. The fourth-order valence-corrected chi connectivity index (χ4v) is 2.68. The van der Waals surface area contributed by atoms with Crippen molar-refractivity contribution in [2.75, 3.05) is 52.9 Å². The van der Waals surface area contributed by atoms with E-state index < -0.39 is 0 Å². The van der Waals surface area contributed by atoms with Gasteiger partial charge in [0.2, 0.25) is 0 Å². The van der Waals surface area contributed by atoms with Gasteiger partial charge in [0.15, 0.2) is 0 Å². The largest absolute Gasteiger partial charge is 0.463 e. The number of rotatable bonds is 22. The first-order chi connectivity index (χ1) is 16.6. The Morgan fingerprint density at radius 2 is 0.743 bits per heavy atom. The van der Waals surface area contributed by atoms with Crippen LogP contribution in [0.5, 0.6) is 0 Å². The van der Waals surface area contributed by atoms with Gasteiger partial charge >= 0.3 is 11.9 Å². The zero-order valence-corrected chi connectivity index (χ0v) is 22.5. The summed E-state index contributed by atoms with van der Waals surface area (Å²) < 4.78 is 26.7. The van der Waals surface area contributed by atoms with Crippen LogP contribution >= 0.6 is 0 Å². The monoisotopic (exact) mass is 502 g/mol. The maximum atomic E-state index is 12.0. The lowest BCUT2D eigenvalue weighted by molar-refractivity contribution is -0.151. The summed E-state index contributed by atoms with van der Waals surface area (Å²) in [6.07, 6.45) is 2.45. The molecule has 9 nitrogen and oxygen atoms in total. The lowest BCUT2D eigenvalue weighted by atomic mass is 10.1. The van der Waals surface area contributed by atoms with Crippen LogP contribution in [0.2, 0.25) is 0 Å². The van der Waals surface area contributed by atoms with Gasteiger partial charge in [0, 0.05) is 38.3 Å². The molecule has 9 heteroatoms. The van der Waals surface area contributed by atoms with Crippen LogP contribution in [0.3, 0.4) is 0 Å². The maximum Gasteiger partial charge on any atom is 0.308 e. The van der Waals surface area contributed by atoms with E-state index in [2.05, 4.69) is 0 Å². The van der Waals surface area contributed by atoms with Crippen LogP contribution in [0, 0.1) is 23.7 Å². The molecule has 0 aromatic rings. The van der Waals surface area contributed by atoms with Crippen LogP contribution in [0.15, 0.2) is 0 Å². The van der Waals surface area contributed by atoms with Gasteiger partial charge in [-0.2, -0.15) is 0 Å². The van der Waals surface area contributed by atoms with E-state index in [1.807, 2.05) is 13.8 Å². The molecule has 0 spiro atoms. The van der Waals surface area contributed by atoms with Gasteiger partial charge < -0.3 is 23.7 Å². The third kappa shape index (κ3) is 18.1. The summed E-state index contributed by atoms with van der Waals surface area (Å²) >= 11 is 0. The number of esters is 2. The second kappa shape index (κ2) is 20.4. The minimum absolute atomic E-state index is 0.0111. The molecule has 4 unspecified atom stereocenters. The Balaban J connectivity index is 3.66. The first kappa shape index (κ1) is 33.2. The number of ether oxygens (including phenoxy) is 5. The molecular formula is C26H46O9. The fraction of sp³-hybridized carbons (Fsp3) is 0.846. The van der Waals surface area contributed by atoms with Gasteiger partial charge in [-0.05, 0) is 39.5 Å². The van der Waals surface area contributed by atoms with Crippen molar-refractivity contribution >= 4 is 23.5 Å². The topological polar surface area (TPSA) is 114 Å². The van der Waals surface area contributed by atoms with Crippen LogP contribution in [0.1, 0.15) is 67.2 Å². The molecule has 0 radical (unpaired) electrons. The molecular weight excluding hydrogens is 456 g/mol. The maximum absolute atomic E-state index is 12.0.